The van der Waals surface area contributed by atoms with E-state index in [4.69, 9.17) is 23.2 Å². The lowest BCUT2D eigenvalue weighted by molar-refractivity contribution is -0.123. The van der Waals surface area contributed by atoms with Crippen LogP contribution in [-0.4, -0.2) is 28.5 Å². The van der Waals surface area contributed by atoms with Gasteiger partial charge in [0, 0.05) is 16.8 Å². The van der Waals surface area contributed by atoms with Crippen molar-refractivity contribution in [3.63, 3.8) is 0 Å². The van der Waals surface area contributed by atoms with Crippen molar-refractivity contribution < 1.29 is 14.4 Å². The topological polar surface area (TPSA) is 57.7 Å². The van der Waals surface area contributed by atoms with Gasteiger partial charge in [-0.3, -0.25) is 14.4 Å². The van der Waals surface area contributed by atoms with Crippen LogP contribution in [0.2, 0.25) is 10.0 Å². The fraction of sp³-hybridized carbons (Fsp3) is 0.148. The number of hydrogen-bond acceptors (Lipinski definition) is 4. The van der Waals surface area contributed by atoms with Gasteiger partial charge < -0.3 is 4.90 Å². The van der Waals surface area contributed by atoms with Crippen LogP contribution < -0.4 is 4.90 Å². The van der Waals surface area contributed by atoms with Crippen molar-refractivity contribution in [1.82, 2.24) is 4.90 Å². The summed E-state index contributed by atoms with van der Waals surface area (Å²) in [6, 6.07) is 20.0. The minimum atomic E-state index is -0.872. The Labute approximate surface area is 206 Å². The molecule has 0 bridgehead atoms. The summed E-state index contributed by atoms with van der Waals surface area (Å²) in [7, 11) is 0. The number of benzene rings is 3. The highest BCUT2D eigenvalue weighted by Gasteiger charge is 2.64. The summed E-state index contributed by atoms with van der Waals surface area (Å²) in [4.78, 5) is 44.6. The molecular weight excluding hydrogens is 471 g/mol. The average molecular weight is 489 g/mol. The fourth-order valence-corrected chi connectivity index (χ4v) is 6.04. The quantitative estimate of drug-likeness (QED) is 0.366. The number of fused-ring (bicyclic) bond motifs is 5. The van der Waals surface area contributed by atoms with Crippen LogP contribution in [-0.2, 0) is 9.59 Å². The summed E-state index contributed by atoms with van der Waals surface area (Å²) in [6.07, 6.45) is 3.74. The first kappa shape index (κ1) is 21.1. The molecule has 3 aromatic rings. The van der Waals surface area contributed by atoms with E-state index in [1.165, 1.54) is 11.0 Å². The Kier molecular flexibility index (Phi) is 4.87. The summed E-state index contributed by atoms with van der Waals surface area (Å²) in [6.45, 7) is 0. The van der Waals surface area contributed by atoms with Gasteiger partial charge in [-0.15, -0.1) is 0 Å². The van der Waals surface area contributed by atoms with Gasteiger partial charge in [0.25, 0.3) is 0 Å². The number of anilines is 1. The molecule has 0 N–H and O–H groups in total. The van der Waals surface area contributed by atoms with Crippen molar-refractivity contribution >= 4 is 52.6 Å². The standard InChI is InChI=1S/C27H18Cl2N2O3/c28-16-10-11-19(20(29)14-16)25(32)24-22-21(23-18-9-5-4-6-15(18)12-13-30(23)24)26(33)31(27(22)34)17-7-2-1-3-8-17/h1-14,21-24H/t21-,22-,23-,24+/m1/s1. The summed E-state index contributed by atoms with van der Waals surface area (Å²) in [5.41, 5.74) is 2.68. The Hall–Kier alpha value is -3.41. The molecule has 168 valence electrons. The molecule has 0 aromatic heterocycles. The van der Waals surface area contributed by atoms with Crippen molar-refractivity contribution in [2.75, 3.05) is 4.90 Å². The Bertz CT molecular complexity index is 1390. The van der Waals surface area contributed by atoms with Crippen LogP contribution in [0.5, 0.6) is 0 Å². The van der Waals surface area contributed by atoms with E-state index in [0.29, 0.717) is 10.7 Å². The third kappa shape index (κ3) is 2.97. The van der Waals surface area contributed by atoms with Gasteiger partial charge in [-0.2, -0.15) is 0 Å². The molecule has 2 amide bonds. The first-order chi connectivity index (χ1) is 16.5. The molecule has 3 heterocycles. The van der Waals surface area contributed by atoms with E-state index in [1.54, 1.807) is 36.4 Å². The van der Waals surface area contributed by atoms with E-state index < -0.39 is 23.9 Å². The average Bonchev–Trinajstić information content (AvgIpc) is 3.32. The third-order valence-corrected chi connectivity index (χ3v) is 7.49. The van der Waals surface area contributed by atoms with Gasteiger partial charge in [-0.1, -0.05) is 65.7 Å². The van der Waals surface area contributed by atoms with Crippen LogP contribution in [0.3, 0.4) is 0 Å². The van der Waals surface area contributed by atoms with Gasteiger partial charge in [0.15, 0.2) is 5.78 Å². The monoisotopic (exact) mass is 488 g/mol. The van der Waals surface area contributed by atoms with Crippen LogP contribution in [0.4, 0.5) is 5.69 Å². The Morgan fingerprint density at radius 1 is 0.824 bits per heavy atom. The van der Waals surface area contributed by atoms with Gasteiger partial charge in [0.05, 0.1) is 28.6 Å². The maximum atomic E-state index is 13.9. The molecule has 0 saturated carbocycles. The molecular formula is C27H18Cl2N2O3. The Balaban J connectivity index is 1.51. The van der Waals surface area contributed by atoms with Crippen LogP contribution in [0, 0.1) is 11.8 Å². The SMILES string of the molecule is O=C(c1ccc(Cl)cc1Cl)[C@@H]1[C@@H]2C(=O)N(c3ccccc3)C(=O)[C@H]2[C@H]2c3ccccc3C=CN12. The number of para-hydroxylation sites is 1. The lowest BCUT2D eigenvalue weighted by Crippen LogP contribution is -2.44. The maximum absolute atomic E-state index is 13.9. The molecule has 3 aromatic carbocycles. The van der Waals surface area contributed by atoms with E-state index in [1.807, 2.05) is 47.5 Å². The molecule has 0 aliphatic carbocycles. The zero-order chi connectivity index (χ0) is 23.6. The Morgan fingerprint density at radius 3 is 2.29 bits per heavy atom. The fourth-order valence-electron chi connectivity index (χ4n) is 5.54. The molecule has 34 heavy (non-hydrogen) atoms. The van der Waals surface area contributed by atoms with Crippen molar-refractivity contribution in [3.05, 3.63) is 106 Å². The van der Waals surface area contributed by atoms with Crippen molar-refractivity contribution in [3.8, 4) is 0 Å². The lowest BCUT2D eigenvalue weighted by atomic mass is 9.83. The minimum Gasteiger partial charge on any atom is -0.358 e. The predicted molar refractivity (Wildman–Crippen MR) is 131 cm³/mol. The molecule has 7 heteroatoms. The zero-order valence-electron chi connectivity index (χ0n) is 17.8. The zero-order valence-corrected chi connectivity index (χ0v) is 19.3. The number of ketones is 1. The van der Waals surface area contributed by atoms with E-state index in [2.05, 4.69) is 0 Å². The number of nitrogens with zero attached hydrogens (tertiary/aromatic N) is 2. The van der Waals surface area contributed by atoms with E-state index >= 15 is 0 Å². The first-order valence-electron chi connectivity index (χ1n) is 10.9. The third-order valence-electron chi connectivity index (χ3n) is 6.94. The van der Waals surface area contributed by atoms with E-state index in [-0.39, 0.29) is 28.2 Å². The van der Waals surface area contributed by atoms with Crippen molar-refractivity contribution in [1.29, 1.82) is 0 Å². The minimum absolute atomic E-state index is 0.218. The number of rotatable bonds is 3. The number of hydrogen-bond donors (Lipinski definition) is 0. The molecule has 0 unspecified atom stereocenters. The number of amides is 2. The summed E-state index contributed by atoms with van der Waals surface area (Å²) in [5.74, 6) is -2.51. The number of Topliss-reactive ketones (excluding diaryl/α,β-unsaturated/α-hetero) is 1. The highest BCUT2D eigenvalue weighted by atomic mass is 35.5. The van der Waals surface area contributed by atoms with Gasteiger partial charge >= 0.3 is 0 Å². The first-order valence-corrected chi connectivity index (χ1v) is 11.7. The van der Waals surface area contributed by atoms with Crippen LogP contribution in [0.1, 0.15) is 27.5 Å². The maximum Gasteiger partial charge on any atom is 0.240 e. The number of imide groups is 1. The molecule has 4 atom stereocenters. The smallest absolute Gasteiger partial charge is 0.240 e. The molecule has 2 fully saturated rings. The Morgan fingerprint density at radius 2 is 1.53 bits per heavy atom. The largest absolute Gasteiger partial charge is 0.358 e. The van der Waals surface area contributed by atoms with Gasteiger partial charge in [-0.25, -0.2) is 4.90 Å². The normalized spacial score (nSPS) is 24.8. The van der Waals surface area contributed by atoms with Crippen molar-refractivity contribution in [2.45, 2.75) is 12.1 Å². The second-order valence-corrected chi connectivity index (χ2v) is 9.51. The summed E-state index contributed by atoms with van der Waals surface area (Å²) < 4.78 is 0. The van der Waals surface area contributed by atoms with Gasteiger partial charge in [0.1, 0.15) is 6.04 Å². The summed E-state index contributed by atoms with van der Waals surface area (Å²) >= 11 is 12.4. The molecule has 0 spiro atoms. The lowest BCUT2D eigenvalue weighted by Gasteiger charge is -2.35. The van der Waals surface area contributed by atoms with Gasteiger partial charge in [0.2, 0.25) is 11.8 Å². The van der Waals surface area contributed by atoms with Crippen LogP contribution in [0.15, 0.2) is 79.0 Å². The van der Waals surface area contributed by atoms with Crippen molar-refractivity contribution in [2.24, 2.45) is 11.8 Å². The van der Waals surface area contributed by atoms with Crippen LogP contribution in [0.25, 0.3) is 6.08 Å². The second kappa shape index (κ2) is 7.83. The van der Waals surface area contributed by atoms with Gasteiger partial charge in [-0.05, 0) is 47.5 Å². The highest BCUT2D eigenvalue weighted by molar-refractivity contribution is 6.37. The predicted octanol–water partition coefficient (Wildman–Crippen LogP) is 5.39. The second-order valence-electron chi connectivity index (χ2n) is 8.67. The van der Waals surface area contributed by atoms with Crippen LogP contribution >= 0.6 is 23.2 Å². The van der Waals surface area contributed by atoms with E-state index in [9.17, 15) is 14.4 Å². The number of halogens is 2. The molecule has 6 rings (SSSR count). The number of carbonyl (C=O) groups excluding carboxylic acids is 3. The molecule has 0 radical (unpaired) electrons. The molecule has 3 aliphatic rings. The highest BCUT2D eigenvalue weighted by Crippen LogP contribution is 2.53. The number of carbonyl (C=O) groups is 3. The molecule has 5 nitrogen and oxygen atoms in total. The summed E-state index contributed by atoms with van der Waals surface area (Å²) in [5, 5.41) is 0.633. The molecule has 2 saturated heterocycles. The van der Waals surface area contributed by atoms with E-state index in [0.717, 1.165) is 11.1 Å². The molecule has 3 aliphatic heterocycles.